The molecule has 0 aliphatic rings. The van der Waals surface area contributed by atoms with E-state index in [1.54, 1.807) is 25.3 Å². The minimum atomic E-state index is -0.421. The lowest BCUT2D eigenvalue weighted by molar-refractivity contribution is 0.439. The van der Waals surface area contributed by atoms with Crippen LogP contribution in [-0.2, 0) is 0 Å². The molecule has 2 heterocycles. The summed E-state index contributed by atoms with van der Waals surface area (Å²) in [7, 11) is 0. The third kappa shape index (κ3) is 1.96. The quantitative estimate of drug-likeness (QED) is 0.765. The Hall–Kier alpha value is -2.27. The number of hydrogen-bond acceptors (Lipinski definition) is 4. The van der Waals surface area contributed by atoms with Crippen molar-refractivity contribution in [2.45, 2.75) is 6.92 Å². The maximum absolute atomic E-state index is 13.2. The van der Waals surface area contributed by atoms with Gasteiger partial charge in [-0.3, -0.25) is 0 Å². The Bertz CT molecular complexity index is 779. The fourth-order valence-electron chi connectivity index (χ4n) is 2.07. The SMILES string of the molecule is Cc1occc1-c1noc(N)c1-c1ccc(F)cc1Cl. The number of aryl methyl sites for hydroxylation is 1. The van der Waals surface area contributed by atoms with Crippen molar-refractivity contribution in [1.29, 1.82) is 0 Å². The number of halogens is 2. The highest BCUT2D eigenvalue weighted by Gasteiger charge is 2.22. The number of nitrogens with zero attached hydrogens (tertiary/aromatic N) is 1. The van der Waals surface area contributed by atoms with Gasteiger partial charge in [0.2, 0.25) is 5.88 Å². The van der Waals surface area contributed by atoms with Crippen molar-refractivity contribution in [3.05, 3.63) is 47.1 Å². The zero-order chi connectivity index (χ0) is 14.3. The van der Waals surface area contributed by atoms with Gasteiger partial charge in [0, 0.05) is 11.1 Å². The van der Waals surface area contributed by atoms with Crippen molar-refractivity contribution >= 4 is 17.5 Å². The molecule has 2 aromatic heterocycles. The Kier molecular flexibility index (Phi) is 2.99. The molecule has 0 unspecified atom stereocenters. The van der Waals surface area contributed by atoms with E-state index in [-0.39, 0.29) is 10.9 Å². The van der Waals surface area contributed by atoms with Crippen LogP contribution in [0.25, 0.3) is 22.4 Å². The molecule has 3 aromatic rings. The Labute approximate surface area is 118 Å². The lowest BCUT2D eigenvalue weighted by Crippen LogP contribution is -1.89. The van der Waals surface area contributed by atoms with Crippen molar-refractivity contribution in [2.24, 2.45) is 0 Å². The van der Waals surface area contributed by atoms with Gasteiger partial charge in [-0.2, -0.15) is 0 Å². The van der Waals surface area contributed by atoms with E-state index in [2.05, 4.69) is 5.16 Å². The molecule has 0 spiro atoms. The molecule has 0 amide bonds. The second-order valence-corrected chi connectivity index (χ2v) is 4.69. The molecule has 0 bridgehead atoms. The molecular formula is C14H10ClFN2O2. The van der Waals surface area contributed by atoms with E-state index in [0.29, 0.717) is 22.6 Å². The Morgan fingerprint density at radius 3 is 2.70 bits per heavy atom. The first-order valence-corrected chi connectivity index (χ1v) is 6.20. The van der Waals surface area contributed by atoms with Gasteiger partial charge in [0.25, 0.3) is 0 Å². The van der Waals surface area contributed by atoms with Crippen molar-refractivity contribution < 1.29 is 13.3 Å². The maximum atomic E-state index is 13.2. The maximum Gasteiger partial charge on any atom is 0.230 e. The molecule has 2 N–H and O–H groups in total. The number of nitrogens with two attached hydrogens (primary N) is 1. The molecule has 0 saturated carbocycles. The van der Waals surface area contributed by atoms with Gasteiger partial charge in [0.05, 0.1) is 16.8 Å². The zero-order valence-electron chi connectivity index (χ0n) is 10.5. The average Bonchev–Trinajstić information content (AvgIpc) is 2.96. The van der Waals surface area contributed by atoms with Crippen molar-refractivity contribution in [1.82, 2.24) is 5.16 Å². The minimum Gasteiger partial charge on any atom is -0.469 e. The number of anilines is 1. The van der Waals surface area contributed by atoms with Gasteiger partial charge in [-0.05, 0) is 31.2 Å². The summed E-state index contributed by atoms with van der Waals surface area (Å²) in [5.41, 5.74) is 8.18. The highest BCUT2D eigenvalue weighted by Crippen LogP contribution is 2.40. The third-order valence-corrected chi connectivity index (χ3v) is 3.35. The lowest BCUT2D eigenvalue weighted by atomic mass is 10.0. The van der Waals surface area contributed by atoms with E-state index in [1.165, 1.54) is 12.1 Å². The molecule has 0 saturated heterocycles. The molecule has 0 aliphatic carbocycles. The summed E-state index contributed by atoms with van der Waals surface area (Å²) in [6.07, 6.45) is 1.55. The predicted octanol–water partition coefficient (Wildman–Crippen LogP) is 4.28. The van der Waals surface area contributed by atoms with Crippen LogP contribution in [0.4, 0.5) is 10.3 Å². The molecule has 1 aromatic carbocycles. The number of hydrogen-bond donors (Lipinski definition) is 1. The summed E-state index contributed by atoms with van der Waals surface area (Å²) in [4.78, 5) is 0. The lowest BCUT2D eigenvalue weighted by Gasteiger charge is -2.04. The van der Waals surface area contributed by atoms with Gasteiger partial charge < -0.3 is 14.7 Å². The molecular weight excluding hydrogens is 283 g/mol. The number of nitrogen functional groups attached to an aromatic ring is 1. The van der Waals surface area contributed by atoms with E-state index in [0.717, 1.165) is 5.56 Å². The van der Waals surface area contributed by atoms with E-state index in [9.17, 15) is 4.39 Å². The summed E-state index contributed by atoms with van der Waals surface area (Å²) in [6, 6.07) is 5.82. The molecule has 20 heavy (non-hydrogen) atoms. The van der Waals surface area contributed by atoms with Crippen molar-refractivity contribution in [3.8, 4) is 22.4 Å². The van der Waals surface area contributed by atoms with E-state index in [4.69, 9.17) is 26.3 Å². The topological polar surface area (TPSA) is 65.2 Å². The standard InChI is InChI=1S/C14H10ClFN2O2/c1-7-9(4-5-19-7)13-12(14(17)20-18-13)10-3-2-8(16)6-11(10)15/h2-6H,17H2,1H3. The molecule has 0 radical (unpaired) electrons. The normalized spacial score (nSPS) is 10.9. The van der Waals surface area contributed by atoms with Crippen LogP contribution in [0.2, 0.25) is 5.02 Å². The van der Waals surface area contributed by atoms with Gasteiger partial charge >= 0.3 is 0 Å². The molecule has 0 fully saturated rings. The van der Waals surface area contributed by atoms with Gasteiger partial charge in [-0.15, -0.1) is 0 Å². The smallest absolute Gasteiger partial charge is 0.230 e. The van der Waals surface area contributed by atoms with Crippen LogP contribution in [0, 0.1) is 12.7 Å². The van der Waals surface area contributed by atoms with Gasteiger partial charge in [0.15, 0.2) is 0 Å². The van der Waals surface area contributed by atoms with E-state index < -0.39 is 5.82 Å². The Morgan fingerprint density at radius 1 is 1.25 bits per heavy atom. The average molecular weight is 293 g/mol. The molecule has 3 rings (SSSR count). The second-order valence-electron chi connectivity index (χ2n) is 4.29. The van der Waals surface area contributed by atoms with E-state index >= 15 is 0 Å². The third-order valence-electron chi connectivity index (χ3n) is 3.03. The van der Waals surface area contributed by atoms with Crippen LogP contribution in [0.5, 0.6) is 0 Å². The fourth-order valence-corrected chi connectivity index (χ4v) is 2.33. The largest absolute Gasteiger partial charge is 0.469 e. The van der Waals surface area contributed by atoms with Crippen molar-refractivity contribution in [3.63, 3.8) is 0 Å². The summed E-state index contributed by atoms with van der Waals surface area (Å²) in [5, 5.41) is 4.18. The van der Waals surface area contributed by atoms with Crippen LogP contribution >= 0.6 is 11.6 Å². The first-order valence-electron chi connectivity index (χ1n) is 5.83. The van der Waals surface area contributed by atoms with Gasteiger partial charge in [0.1, 0.15) is 17.3 Å². The van der Waals surface area contributed by atoms with Crippen LogP contribution in [0.1, 0.15) is 5.76 Å². The summed E-state index contributed by atoms with van der Waals surface area (Å²) in [6.45, 7) is 1.80. The monoisotopic (exact) mass is 292 g/mol. The van der Waals surface area contributed by atoms with Crippen LogP contribution in [0.15, 0.2) is 39.5 Å². The molecule has 0 atom stereocenters. The predicted molar refractivity (Wildman–Crippen MR) is 73.8 cm³/mol. The first-order chi connectivity index (χ1) is 9.58. The summed E-state index contributed by atoms with van der Waals surface area (Å²) in [5.74, 6) is 0.377. The van der Waals surface area contributed by atoms with Crippen molar-refractivity contribution in [2.75, 3.05) is 5.73 Å². The molecule has 0 aliphatic heterocycles. The van der Waals surface area contributed by atoms with E-state index in [1.807, 2.05) is 0 Å². The number of benzene rings is 1. The van der Waals surface area contributed by atoms with Crippen LogP contribution < -0.4 is 5.73 Å². The van der Waals surface area contributed by atoms with Gasteiger partial charge in [-0.1, -0.05) is 16.8 Å². The number of furan rings is 1. The zero-order valence-corrected chi connectivity index (χ0v) is 11.2. The summed E-state index contributed by atoms with van der Waals surface area (Å²) < 4.78 is 23.5. The highest BCUT2D eigenvalue weighted by atomic mass is 35.5. The number of aromatic nitrogens is 1. The second kappa shape index (κ2) is 4.68. The summed E-state index contributed by atoms with van der Waals surface area (Å²) >= 11 is 6.08. The van der Waals surface area contributed by atoms with Gasteiger partial charge in [-0.25, -0.2) is 4.39 Å². The minimum absolute atomic E-state index is 0.120. The number of rotatable bonds is 2. The Morgan fingerprint density at radius 2 is 2.05 bits per heavy atom. The Balaban J connectivity index is 2.24. The van der Waals surface area contributed by atoms with Crippen LogP contribution in [-0.4, -0.2) is 5.16 Å². The van der Waals surface area contributed by atoms with Crippen LogP contribution in [0.3, 0.4) is 0 Å². The molecule has 6 heteroatoms. The molecule has 4 nitrogen and oxygen atoms in total. The molecule has 102 valence electrons. The fraction of sp³-hybridized carbons (Fsp3) is 0.0714. The highest BCUT2D eigenvalue weighted by molar-refractivity contribution is 6.33. The first kappa shape index (κ1) is 12.7.